The second-order valence-electron chi connectivity index (χ2n) is 7.43. The van der Waals surface area contributed by atoms with Crippen molar-refractivity contribution in [2.45, 2.75) is 43.5 Å². The van der Waals surface area contributed by atoms with Crippen LogP contribution in [0.3, 0.4) is 0 Å². The number of aryl methyl sites for hydroxylation is 2. The fourth-order valence-electron chi connectivity index (χ4n) is 3.51. The van der Waals surface area contributed by atoms with Crippen LogP contribution in [0, 0.1) is 0 Å². The second-order valence-corrected chi connectivity index (χ2v) is 9.63. The lowest BCUT2D eigenvalue weighted by Crippen LogP contribution is -2.26. The smallest absolute Gasteiger partial charge is 0.303 e. The van der Waals surface area contributed by atoms with Crippen molar-refractivity contribution in [3.63, 3.8) is 0 Å². The molecule has 2 aromatic heterocycles. The maximum Gasteiger partial charge on any atom is 0.303 e. The number of carboxylic acids is 1. The molecule has 0 aliphatic rings. The van der Waals surface area contributed by atoms with Crippen LogP contribution in [0.2, 0.25) is 5.02 Å². The van der Waals surface area contributed by atoms with Gasteiger partial charge < -0.3 is 9.67 Å². The molecule has 32 heavy (non-hydrogen) atoms. The lowest BCUT2D eigenvalue weighted by Gasteiger charge is -2.14. The number of halogens is 1. The Hall–Kier alpha value is -2.68. The van der Waals surface area contributed by atoms with Crippen LogP contribution in [0.15, 0.2) is 65.8 Å². The van der Waals surface area contributed by atoms with E-state index in [1.165, 1.54) is 24.3 Å². The number of hydrogen-bond acceptors (Lipinski definition) is 4. The molecule has 170 valence electrons. The molecule has 0 saturated heterocycles. The van der Waals surface area contributed by atoms with Crippen molar-refractivity contribution >= 4 is 27.6 Å². The maximum atomic E-state index is 12.5. The first kappa shape index (κ1) is 24.0. The molecule has 7 nitrogen and oxygen atoms in total. The molecule has 9 heteroatoms. The van der Waals surface area contributed by atoms with Gasteiger partial charge in [0.15, 0.2) is 0 Å². The quantitative estimate of drug-likeness (QED) is 0.416. The number of carboxylic acid groups (broad SMARTS) is 1. The maximum absolute atomic E-state index is 12.5. The molecule has 0 fully saturated rings. The Morgan fingerprint density at radius 3 is 2.41 bits per heavy atom. The molecule has 0 spiro atoms. The number of sulfonamides is 1. The number of rotatable bonds is 12. The zero-order valence-corrected chi connectivity index (χ0v) is 19.1. The SMILES string of the molecule is O=C(O)CCc1ccc(CCNS(=O)(=O)c2ccc(Cl)cc2)n1CCCc1cccnc1. The minimum Gasteiger partial charge on any atom is -0.481 e. The average Bonchev–Trinajstić information content (AvgIpc) is 3.15. The summed E-state index contributed by atoms with van der Waals surface area (Å²) in [6.07, 6.45) is 6.27. The molecular weight excluding hydrogens is 450 g/mol. The second kappa shape index (κ2) is 11.3. The van der Waals surface area contributed by atoms with E-state index in [1.807, 2.05) is 30.5 Å². The largest absolute Gasteiger partial charge is 0.481 e. The Balaban J connectivity index is 1.65. The molecule has 1 aromatic carbocycles. The molecule has 2 heterocycles. The lowest BCUT2D eigenvalue weighted by molar-refractivity contribution is -0.137. The predicted molar refractivity (Wildman–Crippen MR) is 123 cm³/mol. The van der Waals surface area contributed by atoms with Gasteiger partial charge in [-0.2, -0.15) is 0 Å². The summed E-state index contributed by atoms with van der Waals surface area (Å²) in [5.41, 5.74) is 3.05. The van der Waals surface area contributed by atoms with E-state index in [4.69, 9.17) is 16.7 Å². The predicted octanol–water partition coefficient (Wildman–Crippen LogP) is 3.71. The van der Waals surface area contributed by atoms with Gasteiger partial charge in [0.1, 0.15) is 0 Å². The summed E-state index contributed by atoms with van der Waals surface area (Å²) < 4.78 is 29.7. The van der Waals surface area contributed by atoms with Crippen LogP contribution in [0.4, 0.5) is 0 Å². The Kier molecular flexibility index (Phi) is 8.44. The summed E-state index contributed by atoms with van der Waals surface area (Å²) in [6, 6.07) is 13.8. The highest BCUT2D eigenvalue weighted by atomic mass is 35.5. The summed E-state index contributed by atoms with van der Waals surface area (Å²) in [5.74, 6) is -0.842. The Morgan fingerprint density at radius 1 is 1.03 bits per heavy atom. The minimum absolute atomic E-state index is 0.0508. The molecule has 3 rings (SSSR count). The van der Waals surface area contributed by atoms with Gasteiger partial charge in [0, 0.05) is 48.3 Å². The van der Waals surface area contributed by atoms with Crippen molar-refractivity contribution in [2.75, 3.05) is 6.54 Å². The van der Waals surface area contributed by atoms with Gasteiger partial charge in [-0.15, -0.1) is 0 Å². The highest BCUT2D eigenvalue weighted by Gasteiger charge is 2.15. The van der Waals surface area contributed by atoms with E-state index < -0.39 is 16.0 Å². The monoisotopic (exact) mass is 475 g/mol. The van der Waals surface area contributed by atoms with E-state index in [1.54, 1.807) is 6.20 Å². The fraction of sp³-hybridized carbons (Fsp3) is 0.304. The summed E-state index contributed by atoms with van der Waals surface area (Å²) >= 11 is 5.83. The van der Waals surface area contributed by atoms with Crippen LogP contribution in [0.1, 0.15) is 29.8 Å². The number of nitrogens with one attached hydrogen (secondary N) is 1. The zero-order chi connectivity index (χ0) is 23.0. The van der Waals surface area contributed by atoms with Crippen molar-refractivity contribution in [3.8, 4) is 0 Å². The summed E-state index contributed by atoms with van der Waals surface area (Å²) in [4.78, 5) is 15.3. The Bertz CT molecular complexity index is 1130. The Morgan fingerprint density at radius 2 is 1.75 bits per heavy atom. The van der Waals surface area contributed by atoms with Crippen LogP contribution >= 0.6 is 11.6 Å². The molecule has 3 aromatic rings. The first-order valence-corrected chi connectivity index (χ1v) is 12.2. The summed E-state index contributed by atoms with van der Waals surface area (Å²) in [5, 5.41) is 9.53. The van der Waals surface area contributed by atoms with Crippen molar-refractivity contribution in [1.29, 1.82) is 0 Å². The summed E-state index contributed by atoms with van der Waals surface area (Å²) in [6.45, 7) is 0.950. The van der Waals surface area contributed by atoms with Crippen LogP contribution in [0.25, 0.3) is 0 Å². The van der Waals surface area contributed by atoms with Gasteiger partial charge in [-0.3, -0.25) is 9.78 Å². The van der Waals surface area contributed by atoms with Crippen LogP contribution in [0.5, 0.6) is 0 Å². The topological polar surface area (TPSA) is 101 Å². The van der Waals surface area contributed by atoms with E-state index in [0.29, 0.717) is 17.9 Å². The number of benzene rings is 1. The Labute approximate surface area is 193 Å². The standard InChI is InChI=1S/C23H26ClN3O4S/c24-19-5-10-22(11-6-19)32(30,31)26-15-13-21-8-7-20(9-12-23(28)29)27(21)16-2-4-18-3-1-14-25-17-18/h1,3,5-8,10-11,14,17,26H,2,4,9,12-13,15-16H2,(H,28,29). The van der Waals surface area contributed by atoms with Crippen LogP contribution in [-0.4, -0.2) is 35.6 Å². The third-order valence-electron chi connectivity index (χ3n) is 5.12. The third kappa shape index (κ3) is 6.91. The molecule has 0 aliphatic carbocycles. The van der Waals surface area contributed by atoms with Crippen molar-refractivity contribution in [1.82, 2.24) is 14.3 Å². The first-order valence-electron chi connectivity index (χ1n) is 10.4. The molecule has 0 unspecified atom stereocenters. The number of carbonyl (C=O) groups is 1. The first-order chi connectivity index (χ1) is 15.3. The fourth-order valence-corrected chi connectivity index (χ4v) is 4.67. The summed E-state index contributed by atoms with van der Waals surface area (Å²) in [7, 11) is -3.63. The third-order valence-corrected chi connectivity index (χ3v) is 6.85. The number of hydrogen-bond donors (Lipinski definition) is 2. The highest BCUT2D eigenvalue weighted by molar-refractivity contribution is 7.89. The molecule has 0 atom stereocenters. The van der Waals surface area contributed by atoms with Gasteiger partial charge in [0.25, 0.3) is 0 Å². The van der Waals surface area contributed by atoms with Crippen molar-refractivity contribution < 1.29 is 18.3 Å². The highest BCUT2D eigenvalue weighted by Crippen LogP contribution is 2.16. The molecule has 0 aliphatic heterocycles. The van der Waals surface area contributed by atoms with Crippen molar-refractivity contribution in [3.05, 3.63) is 82.9 Å². The van der Waals surface area contributed by atoms with Gasteiger partial charge in [-0.05, 0) is 67.3 Å². The molecular formula is C23H26ClN3O4S. The van der Waals surface area contributed by atoms with E-state index in [-0.39, 0.29) is 17.9 Å². The van der Waals surface area contributed by atoms with Gasteiger partial charge in [-0.1, -0.05) is 17.7 Å². The average molecular weight is 476 g/mol. The molecule has 0 bridgehead atoms. The number of nitrogens with zero attached hydrogens (tertiary/aromatic N) is 2. The molecule has 0 amide bonds. The van der Waals surface area contributed by atoms with Gasteiger partial charge >= 0.3 is 5.97 Å². The number of pyridine rings is 1. The molecule has 0 radical (unpaired) electrons. The van der Waals surface area contributed by atoms with Gasteiger partial charge in [-0.25, -0.2) is 13.1 Å². The van der Waals surface area contributed by atoms with Crippen LogP contribution in [-0.2, 0) is 40.6 Å². The van der Waals surface area contributed by atoms with E-state index in [9.17, 15) is 13.2 Å². The minimum atomic E-state index is -3.63. The number of aliphatic carboxylic acids is 1. The van der Waals surface area contributed by atoms with Crippen molar-refractivity contribution in [2.24, 2.45) is 0 Å². The zero-order valence-electron chi connectivity index (χ0n) is 17.6. The normalized spacial score (nSPS) is 11.5. The van der Waals surface area contributed by atoms with E-state index >= 15 is 0 Å². The van der Waals surface area contributed by atoms with E-state index in [2.05, 4.69) is 14.3 Å². The molecule has 0 saturated carbocycles. The van der Waals surface area contributed by atoms with Gasteiger partial charge in [0.05, 0.1) is 11.3 Å². The van der Waals surface area contributed by atoms with Crippen LogP contribution < -0.4 is 4.72 Å². The van der Waals surface area contributed by atoms with Gasteiger partial charge in [0.2, 0.25) is 10.0 Å². The number of aromatic nitrogens is 2. The lowest BCUT2D eigenvalue weighted by atomic mass is 10.1. The molecule has 2 N–H and O–H groups in total. The van der Waals surface area contributed by atoms with E-state index in [0.717, 1.165) is 36.3 Å².